The summed E-state index contributed by atoms with van der Waals surface area (Å²) in [6.45, 7) is 3.64. The van der Waals surface area contributed by atoms with Gasteiger partial charge in [0.05, 0.1) is 11.0 Å². The predicted octanol–water partition coefficient (Wildman–Crippen LogP) is 4.47. The van der Waals surface area contributed by atoms with Gasteiger partial charge in [-0.1, -0.05) is 42.8 Å². The monoisotopic (exact) mass is 367 g/mol. The second-order valence-corrected chi connectivity index (χ2v) is 6.53. The van der Waals surface area contributed by atoms with Gasteiger partial charge in [0, 0.05) is 30.6 Å². The highest BCUT2D eigenvalue weighted by molar-refractivity contribution is 6.30. The molecular formula is C21H22ClN3O. The summed E-state index contributed by atoms with van der Waals surface area (Å²) in [4.78, 5) is 16.7. The molecule has 2 aromatic carbocycles. The zero-order chi connectivity index (χ0) is 18.4. The van der Waals surface area contributed by atoms with Gasteiger partial charge >= 0.3 is 0 Å². The van der Waals surface area contributed by atoms with Crippen LogP contribution in [-0.2, 0) is 17.8 Å². The SMILES string of the molecule is CCCn1c(CCNC(=O)/C=C/c2ccc(Cl)cc2)nc2ccccc21. The van der Waals surface area contributed by atoms with Crippen molar-refractivity contribution in [2.24, 2.45) is 0 Å². The Kier molecular flexibility index (Phi) is 6.08. The summed E-state index contributed by atoms with van der Waals surface area (Å²) in [5.74, 6) is 0.896. The Balaban J connectivity index is 1.59. The number of aryl methyl sites for hydroxylation is 1. The molecule has 26 heavy (non-hydrogen) atoms. The van der Waals surface area contributed by atoms with E-state index in [0.29, 0.717) is 18.0 Å². The van der Waals surface area contributed by atoms with E-state index in [1.165, 1.54) is 6.08 Å². The molecule has 1 heterocycles. The number of halogens is 1. The van der Waals surface area contributed by atoms with E-state index < -0.39 is 0 Å². The van der Waals surface area contributed by atoms with Crippen LogP contribution in [0.25, 0.3) is 17.1 Å². The van der Waals surface area contributed by atoms with E-state index in [9.17, 15) is 4.79 Å². The summed E-state index contributed by atoms with van der Waals surface area (Å²) in [5.41, 5.74) is 3.09. The molecule has 3 rings (SSSR count). The van der Waals surface area contributed by atoms with Crippen molar-refractivity contribution in [2.45, 2.75) is 26.3 Å². The molecule has 0 aliphatic carbocycles. The molecule has 1 amide bonds. The smallest absolute Gasteiger partial charge is 0.244 e. The highest BCUT2D eigenvalue weighted by Crippen LogP contribution is 2.16. The van der Waals surface area contributed by atoms with Crippen LogP contribution in [0.1, 0.15) is 24.7 Å². The van der Waals surface area contributed by atoms with Crippen molar-refractivity contribution >= 4 is 34.6 Å². The van der Waals surface area contributed by atoms with Gasteiger partial charge in [-0.05, 0) is 42.3 Å². The van der Waals surface area contributed by atoms with E-state index in [1.807, 2.05) is 30.3 Å². The number of imidazole rings is 1. The molecule has 0 fully saturated rings. The Morgan fingerprint density at radius 2 is 1.96 bits per heavy atom. The topological polar surface area (TPSA) is 46.9 Å². The normalized spacial score (nSPS) is 11.3. The number of para-hydroxylation sites is 2. The summed E-state index contributed by atoms with van der Waals surface area (Å²) in [7, 11) is 0. The predicted molar refractivity (Wildman–Crippen MR) is 107 cm³/mol. The minimum Gasteiger partial charge on any atom is -0.352 e. The van der Waals surface area contributed by atoms with E-state index in [1.54, 1.807) is 18.2 Å². The van der Waals surface area contributed by atoms with Crippen molar-refractivity contribution in [1.29, 1.82) is 0 Å². The van der Waals surface area contributed by atoms with Crippen molar-refractivity contribution in [3.8, 4) is 0 Å². The number of nitrogens with one attached hydrogen (secondary N) is 1. The third-order valence-corrected chi connectivity index (χ3v) is 4.38. The number of benzene rings is 2. The summed E-state index contributed by atoms with van der Waals surface area (Å²) in [6, 6.07) is 15.5. The summed E-state index contributed by atoms with van der Waals surface area (Å²) in [6.07, 6.45) is 5.06. The van der Waals surface area contributed by atoms with Crippen LogP contribution < -0.4 is 5.32 Å². The summed E-state index contributed by atoms with van der Waals surface area (Å²) < 4.78 is 2.24. The molecule has 0 spiro atoms. The molecule has 0 bridgehead atoms. The third-order valence-electron chi connectivity index (χ3n) is 4.13. The van der Waals surface area contributed by atoms with Gasteiger partial charge in [0.15, 0.2) is 0 Å². The number of hydrogen-bond donors (Lipinski definition) is 1. The van der Waals surface area contributed by atoms with Gasteiger partial charge in [-0.2, -0.15) is 0 Å². The van der Waals surface area contributed by atoms with Crippen LogP contribution in [0.3, 0.4) is 0 Å². The summed E-state index contributed by atoms with van der Waals surface area (Å²) in [5, 5.41) is 3.60. The second-order valence-electron chi connectivity index (χ2n) is 6.09. The molecule has 4 nitrogen and oxygen atoms in total. The van der Waals surface area contributed by atoms with Gasteiger partial charge in [0.1, 0.15) is 5.82 Å². The van der Waals surface area contributed by atoms with E-state index in [0.717, 1.165) is 35.4 Å². The van der Waals surface area contributed by atoms with Crippen LogP contribution in [0.2, 0.25) is 5.02 Å². The van der Waals surface area contributed by atoms with Gasteiger partial charge in [-0.3, -0.25) is 4.79 Å². The van der Waals surface area contributed by atoms with Crippen molar-refractivity contribution in [3.63, 3.8) is 0 Å². The first-order valence-corrected chi connectivity index (χ1v) is 9.21. The Morgan fingerprint density at radius 1 is 1.19 bits per heavy atom. The number of carbonyl (C=O) groups excluding carboxylic acids is 1. The highest BCUT2D eigenvalue weighted by Gasteiger charge is 2.09. The third kappa shape index (κ3) is 4.52. The first-order valence-electron chi connectivity index (χ1n) is 8.83. The molecule has 0 aliphatic heterocycles. The van der Waals surface area contributed by atoms with Gasteiger partial charge in [-0.15, -0.1) is 0 Å². The molecule has 0 radical (unpaired) electrons. The van der Waals surface area contributed by atoms with E-state index in [-0.39, 0.29) is 5.91 Å². The average molecular weight is 368 g/mol. The van der Waals surface area contributed by atoms with Gasteiger partial charge in [0.2, 0.25) is 5.91 Å². The molecule has 5 heteroatoms. The van der Waals surface area contributed by atoms with Crippen LogP contribution in [-0.4, -0.2) is 22.0 Å². The number of fused-ring (bicyclic) bond motifs is 1. The fourth-order valence-corrected chi connectivity index (χ4v) is 3.02. The van der Waals surface area contributed by atoms with Crippen LogP contribution in [0, 0.1) is 0 Å². The Hall–Kier alpha value is -2.59. The fourth-order valence-electron chi connectivity index (χ4n) is 2.89. The minimum absolute atomic E-state index is 0.113. The standard InChI is InChI=1S/C21H22ClN3O/c1-2-15-25-19-6-4-3-5-18(19)24-20(25)13-14-23-21(26)12-9-16-7-10-17(22)11-8-16/h3-12H,2,13-15H2,1H3,(H,23,26)/b12-9+. The zero-order valence-corrected chi connectivity index (χ0v) is 15.5. The highest BCUT2D eigenvalue weighted by atomic mass is 35.5. The zero-order valence-electron chi connectivity index (χ0n) is 14.8. The Bertz CT molecular complexity index is 913. The van der Waals surface area contributed by atoms with Crippen LogP contribution in [0.4, 0.5) is 0 Å². The van der Waals surface area contributed by atoms with Gasteiger partial charge in [0.25, 0.3) is 0 Å². The molecule has 1 N–H and O–H groups in total. The first kappa shape index (κ1) is 18.2. The lowest BCUT2D eigenvalue weighted by Crippen LogP contribution is -2.24. The molecule has 3 aromatic rings. The van der Waals surface area contributed by atoms with Gasteiger partial charge < -0.3 is 9.88 Å². The molecule has 0 aliphatic rings. The van der Waals surface area contributed by atoms with E-state index in [4.69, 9.17) is 16.6 Å². The molecule has 134 valence electrons. The Morgan fingerprint density at radius 3 is 2.73 bits per heavy atom. The van der Waals surface area contributed by atoms with Crippen molar-refractivity contribution in [2.75, 3.05) is 6.54 Å². The van der Waals surface area contributed by atoms with E-state index in [2.05, 4.69) is 22.9 Å². The molecule has 0 saturated heterocycles. The molecule has 0 unspecified atom stereocenters. The number of nitrogens with zero attached hydrogens (tertiary/aromatic N) is 2. The Labute approximate surface area is 158 Å². The molecular weight excluding hydrogens is 346 g/mol. The lowest BCUT2D eigenvalue weighted by atomic mass is 10.2. The molecule has 1 aromatic heterocycles. The lowest BCUT2D eigenvalue weighted by Gasteiger charge is -2.08. The first-order chi connectivity index (χ1) is 12.7. The number of aromatic nitrogens is 2. The number of carbonyl (C=O) groups is 1. The van der Waals surface area contributed by atoms with Crippen LogP contribution in [0.15, 0.2) is 54.6 Å². The maximum Gasteiger partial charge on any atom is 0.244 e. The summed E-state index contributed by atoms with van der Waals surface area (Å²) >= 11 is 5.85. The molecule has 0 saturated carbocycles. The van der Waals surface area contributed by atoms with E-state index >= 15 is 0 Å². The quantitative estimate of drug-likeness (QED) is 0.626. The largest absolute Gasteiger partial charge is 0.352 e. The van der Waals surface area contributed by atoms with Crippen molar-refractivity contribution in [3.05, 3.63) is 71.0 Å². The minimum atomic E-state index is -0.113. The maximum absolute atomic E-state index is 12.0. The second kappa shape index (κ2) is 8.68. The van der Waals surface area contributed by atoms with Gasteiger partial charge in [-0.25, -0.2) is 4.98 Å². The lowest BCUT2D eigenvalue weighted by molar-refractivity contribution is -0.116. The van der Waals surface area contributed by atoms with Crippen molar-refractivity contribution in [1.82, 2.24) is 14.9 Å². The van der Waals surface area contributed by atoms with Crippen LogP contribution in [0.5, 0.6) is 0 Å². The van der Waals surface area contributed by atoms with Crippen LogP contribution >= 0.6 is 11.6 Å². The number of amides is 1. The number of rotatable bonds is 7. The molecule has 0 atom stereocenters. The van der Waals surface area contributed by atoms with Crippen molar-refractivity contribution < 1.29 is 4.79 Å². The maximum atomic E-state index is 12.0. The average Bonchev–Trinajstić information content (AvgIpc) is 2.99. The number of hydrogen-bond acceptors (Lipinski definition) is 2. The fraction of sp³-hybridized carbons (Fsp3) is 0.238.